The summed E-state index contributed by atoms with van der Waals surface area (Å²) >= 11 is 0. The van der Waals surface area contributed by atoms with Gasteiger partial charge in [-0.3, -0.25) is 0 Å². The van der Waals surface area contributed by atoms with Crippen molar-refractivity contribution in [2.24, 2.45) is 0 Å². The van der Waals surface area contributed by atoms with E-state index in [9.17, 15) is 0 Å². The lowest BCUT2D eigenvalue weighted by atomic mass is 9.66. The fourth-order valence-electron chi connectivity index (χ4n) is 7.67. The number of para-hydroxylation sites is 2. The van der Waals surface area contributed by atoms with E-state index in [0.717, 1.165) is 50.1 Å². The first kappa shape index (κ1) is 26.8. The second-order valence-corrected chi connectivity index (χ2v) is 12.4. The first-order valence-corrected chi connectivity index (χ1v) is 16.2. The molecule has 7 aromatic carbocycles. The van der Waals surface area contributed by atoms with Crippen LogP contribution in [-0.4, -0.2) is 15.0 Å². The third kappa shape index (κ3) is 3.86. The minimum Gasteiger partial charge on any atom is -0.457 e. The molecule has 4 heteroatoms. The minimum absolute atomic E-state index is 0.492. The van der Waals surface area contributed by atoms with Crippen molar-refractivity contribution in [3.05, 3.63) is 186 Å². The molecule has 0 saturated carbocycles. The van der Waals surface area contributed by atoms with E-state index in [4.69, 9.17) is 19.7 Å². The minimum atomic E-state index is -0.492. The molecule has 1 aromatic heterocycles. The molecule has 8 aromatic rings. The van der Waals surface area contributed by atoms with Crippen LogP contribution in [0.15, 0.2) is 164 Å². The van der Waals surface area contributed by atoms with Crippen LogP contribution in [-0.2, 0) is 5.41 Å². The van der Waals surface area contributed by atoms with Gasteiger partial charge in [0.05, 0.1) is 5.41 Å². The summed E-state index contributed by atoms with van der Waals surface area (Å²) in [5.41, 5.74) is 9.70. The maximum Gasteiger partial charge on any atom is 0.164 e. The number of aromatic nitrogens is 3. The van der Waals surface area contributed by atoms with Crippen LogP contribution in [0.25, 0.3) is 56.1 Å². The summed E-state index contributed by atoms with van der Waals surface area (Å²) in [6.07, 6.45) is 0. The standard InChI is InChI=1S/C44H27N3O/c1-3-13-28(14-4-1)41-45-42(29-15-5-2-6-16-29)47-43(46-41)31-24-23-30-27-38-34(26-32(30)25-31)33-17-7-8-18-35(33)44(38)36-19-9-11-21-39(36)48-40-22-12-10-20-37(40)44/h1-27H. The van der Waals surface area contributed by atoms with E-state index in [1.54, 1.807) is 0 Å². The Labute approximate surface area is 278 Å². The van der Waals surface area contributed by atoms with E-state index in [0.29, 0.717) is 17.5 Å². The lowest BCUT2D eigenvalue weighted by Crippen LogP contribution is -2.32. The zero-order valence-electron chi connectivity index (χ0n) is 25.8. The normalized spacial score (nSPS) is 13.3. The Balaban J connectivity index is 1.20. The molecule has 0 saturated heterocycles. The number of nitrogens with zero attached hydrogens (tertiary/aromatic N) is 3. The van der Waals surface area contributed by atoms with Crippen molar-refractivity contribution in [1.82, 2.24) is 15.0 Å². The van der Waals surface area contributed by atoms with Gasteiger partial charge in [-0.15, -0.1) is 0 Å². The molecule has 2 heterocycles. The molecular weight excluding hydrogens is 587 g/mol. The van der Waals surface area contributed by atoms with Crippen molar-refractivity contribution in [3.63, 3.8) is 0 Å². The maximum atomic E-state index is 6.51. The highest BCUT2D eigenvalue weighted by atomic mass is 16.5. The van der Waals surface area contributed by atoms with Crippen LogP contribution in [0.3, 0.4) is 0 Å². The number of hydrogen-bond acceptors (Lipinski definition) is 4. The predicted octanol–water partition coefficient (Wildman–Crippen LogP) is 10.5. The van der Waals surface area contributed by atoms with Crippen molar-refractivity contribution in [2.75, 3.05) is 0 Å². The van der Waals surface area contributed by atoms with Gasteiger partial charge in [-0.25, -0.2) is 15.0 Å². The van der Waals surface area contributed by atoms with E-state index in [2.05, 4.69) is 103 Å². The van der Waals surface area contributed by atoms with Gasteiger partial charge in [0, 0.05) is 27.8 Å². The summed E-state index contributed by atoms with van der Waals surface area (Å²) in [5.74, 6) is 3.75. The van der Waals surface area contributed by atoms with Crippen LogP contribution >= 0.6 is 0 Å². The molecule has 224 valence electrons. The molecule has 10 rings (SSSR count). The molecule has 1 aliphatic heterocycles. The molecular formula is C44H27N3O. The second-order valence-electron chi connectivity index (χ2n) is 12.4. The van der Waals surface area contributed by atoms with Crippen LogP contribution < -0.4 is 4.74 Å². The predicted molar refractivity (Wildman–Crippen MR) is 191 cm³/mol. The third-order valence-corrected chi connectivity index (χ3v) is 9.76. The average Bonchev–Trinajstić information content (AvgIpc) is 3.44. The smallest absolute Gasteiger partial charge is 0.164 e. The molecule has 1 aliphatic carbocycles. The molecule has 0 fully saturated rings. The summed E-state index contributed by atoms with van der Waals surface area (Å²) in [6.45, 7) is 0. The molecule has 0 bridgehead atoms. The van der Waals surface area contributed by atoms with Crippen LogP contribution in [0.5, 0.6) is 11.5 Å². The van der Waals surface area contributed by atoms with Gasteiger partial charge in [-0.2, -0.15) is 0 Å². The fourth-order valence-corrected chi connectivity index (χ4v) is 7.67. The molecule has 48 heavy (non-hydrogen) atoms. The molecule has 0 unspecified atom stereocenters. The lowest BCUT2D eigenvalue weighted by Gasteiger charge is -2.39. The Kier molecular flexibility index (Phi) is 5.75. The number of ether oxygens (including phenoxy) is 1. The zero-order valence-corrected chi connectivity index (χ0v) is 25.8. The fraction of sp³-hybridized carbons (Fsp3) is 0.0227. The maximum absolute atomic E-state index is 6.51. The van der Waals surface area contributed by atoms with Gasteiger partial charge in [-0.1, -0.05) is 133 Å². The van der Waals surface area contributed by atoms with Crippen LogP contribution in [0.2, 0.25) is 0 Å². The summed E-state index contributed by atoms with van der Waals surface area (Å²) in [5, 5.41) is 2.29. The zero-order chi connectivity index (χ0) is 31.7. The highest BCUT2D eigenvalue weighted by molar-refractivity contribution is 5.98. The van der Waals surface area contributed by atoms with Gasteiger partial charge in [0.25, 0.3) is 0 Å². The Morgan fingerprint density at radius 2 is 0.875 bits per heavy atom. The van der Waals surface area contributed by atoms with Gasteiger partial charge in [0.15, 0.2) is 17.5 Å². The van der Waals surface area contributed by atoms with Gasteiger partial charge < -0.3 is 4.74 Å². The van der Waals surface area contributed by atoms with Crippen molar-refractivity contribution in [3.8, 4) is 56.8 Å². The lowest BCUT2D eigenvalue weighted by molar-refractivity contribution is 0.436. The largest absolute Gasteiger partial charge is 0.457 e. The Morgan fingerprint density at radius 3 is 1.50 bits per heavy atom. The SMILES string of the molecule is c1ccc(-c2nc(-c3ccccc3)nc(-c3ccc4cc5c(cc4c3)-c3ccccc3C53c4ccccc4Oc4ccccc43)n2)cc1. The van der Waals surface area contributed by atoms with Crippen molar-refractivity contribution in [2.45, 2.75) is 5.41 Å². The molecule has 0 amide bonds. The molecule has 0 N–H and O–H groups in total. The van der Waals surface area contributed by atoms with Crippen LogP contribution in [0.4, 0.5) is 0 Å². The van der Waals surface area contributed by atoms with E-state index in [1.807, 2.05) is 60.7 Å². The second kappa shape index (κ2) is 10.3. The molecule has 1 spiro atoms. The summed E-state index contributed by atoms with van der Waals surface area (Å²) < 4.78 is 6.51. The number of fused-ring (bicyclic) bond motifs is 10. The van der Waals surface area contributed by atoms with Gasteiger partial charge in [0.2, 0.25) is 0 Å². The molecule has 0 atom stereocenters. The van der Waals surface area contributed by atoms with E-state index in [1.165, 1.54) is 22.3 Å². The van der Waals surface area contributed by atoms with E-state index < -0.39 is 5.41 Å². The molecule has 0 radical (unpaired) electrons. The molecule has 4 nitrogen and oxygen atoms in total. The summed E-state index contributed by atoms with van der Waals surface area (Å²) in [6, 6.07) is 57.3. The van der Waals surface area contributed by atoms with Crippen LogP contribution in [0.1, 0.15) is 22.3 Å². The average molecular weight is 614 g/mol. The van der Waals surface area contributed by atoms with Crippen molar-refractivity contribution in [1.29, 1.82) is 0 Å². The Bertz CT molecular complexity index is 2440. The quantitative estimate of drug-likeness (QED) is 0.199. The number of hydrogen-bond donors (Lipinski definition) is 0. The monoisotopic (exact) mass is 613 g/mol. The topological polar surface area (TPSA) is 47.9 Å². The number of rotatable bonds is 3. The van der Waals surface area contributed by atoms with Crippen molar-refractivity contribution < 1.29 is 4.74 Å². The summed E-state index contributed by atoms with van der Waals surface area (Å²) in [4.78, 5) is 14.9. The van der Waals surface area contributed by atoms with Crippen LogP contribution in [0, 0.1) is 0 Å². The van der Waals surface area contributed by atoms with Gasteiger partial charge in [0.1, 0.15) is 11.5 Å². The van der Waals surface area contributed by atoms with Gasteiger partial charge >= 0.3 is 0 Å². The van der Waals surface area contributed by atoms with E-state index in [-0.39, 0.29) is 0 Å². The first-order chi connectivity index (χ1) is 23.8. The third-order valence-electron chi connectivity index (χ3n) is 9.76. The highest BCUT2D eigenvalue weighted by Gasteiger charge is 2.51. The highest BCUT2D eigenvalue weighted by Crippen LogP contribution is 2.62. The molecule has 2 aliphatic rings. The Hall–Kier alpha value is -6.39. The van der Waals surface area contributed by atoms with Crippen molar-refractivity contribution >= 4 is 10.8 Å². The van der Waals surface area contributed by atoms with Gasteiger partial charge in [-0.05, 0) is 63.4 Å². The summed E-state index contributed by atoms with van der Waals surface area (Å²) in [7, 11) is 0. The number of benzene rings is 7. The van der Waals surface area contributed by atoms with E-state index >= 15 is 0 Å². The Morgan fingerprint density at radius 1 is 0.354 bits per heavy atom. The first-order valence-electron chi connectivity index (χ1n) is 16.2.